The van der Waals surface area contributed by atoms with Gasteiger partial charge in [-0.15, -0.1) is 11.3 Å². The summed E-state index contributed by atoms with van der Waals surface area (Å²) in [4.78, 5) is 1.12. The molecular weight excluding hydrogens is 238 g/mol. The number of nitrogen functional groups attached to an aromatic ring is 1. The first-order chi connectivity index (χ1) is 8.22. The maximum atomic E-state index is 5.99. The first-order valence-corrected chi connectivity index (χ1v) is 6.11. The fourth-order valence-electron chi connectivity index (χ4n) is 1.81. The number of rotatable bonds is 2. The van der Waals surface area contributed by atoms with Gasteiger partial charge in [0.05, 0.1) is 16.9 Å². The van der Waals surface area contributed by atoms with Crippen molar-refractivity contribution in [2.24, 2.45) is 0 Å². The van der Waals surface area contributed by atoms with Gasteiger partial charge < -0.3 is 14.8 Å². The van der Waals surface area contributed by atoms with Gasteiger partial charge in [0.2, 0.25) is 5.58 Å². The Bertz CT molecular complexity index is 680. The van der Waals surface area contributed by atoms with Gasteiger partial charge in [0, 0.05) is 4.88 Å². The van der Waals surface area contributed by atoms with Crippen LogP contribution < -0.4 is 5.73 Å². The highest BCUT2D eigenvalue weighted by Crippen LogP contribution is 2.40. The molecule has 6 heteroatoms. The van der Waals surface area contributed by atoms with Crippen LogP contribution in [0, 0.1) is 6.92 Å². The molecule has 0 aliphatic carbocycles. The number of aryl methyl sites for hydroxylation is 2. The summed E-state index contributed by atoms with van der Waals surface area (Å²) in [5.74, 6) is 0. The fraction of sp³-hybridized carbons (Fsp3) is 0.273. The van der Waals surface area contributed by atoms with Gasteiger partial charge >= 0.3 is 0 Å². The number of hydrogen-bond donors (Lipinski definition) is 1. The van der Waals surface area contributed by atoms with Crippen molar-refractivity contribution in [1.82, 2.24) is 10.3 Å². The van der Waals surface area contributed by atoms with Gasteiger partial charge in [-0.25, -0.2) is 0 Å². The third-order valence-corrected chi connectivity index (χ3v) is 4.08. The van der Waals surface area contributed by atoms with Crippen LogP contribution in [0.3, 0.4) is 0 Å². The van der Waals surface area contributed by atoms with Crippen LogP contribution in [0.1, 0.15) is 17.5 Å². The van der Waals surface area contributed by atoms with E-state index in [0.717, 1.165) is 32.9 Å². The molecule has 3 aromatic rings. The van der Waals surface area contributed by atoms with Gasteiger partial charge in [0.15, 0.2) is 0 Å². The van der Waals surface area contributed by atoms with Gasteiger partial charge in [0.1, 0.15) is 16.7 Å². The van der Waals surface area contributed by atoms with Crippen molar-refractivity contribution in [3.63, 3.8) is 0 Å². The lowest BCUT2D eigenvalue weighted by Crippen LogP contribution is -1.85. The number of thiophene rings is 1. The number of anilines is 1. The standard InChI is InChI=1S/C11H11N3O2S/c1-3-7-8(12)10-11(17-7)9(14-16-10)6-4-15-13-5(6)2/h4H,3,12H2,1-2H3. The number of aromatic nitrogens is 2. The number of nitrogens with zero attached hydrogens (tertiary/aromatic N) is 2. The van der Waals surface area contributed by atoms with Gasteiger partial charge in [0.25, 0.3) is 0 Å². The van der Waals surface area contributed by atoms with E-state index >= 15 is 0 Å². The summed E-state index contributed by atoms with van der Waals surface area (Å²) in [5.41, 5.74) is 9.77. The zero-order valence-corrected chi connectivity index (χ0v) is 10.3. The largest absolute Gasteiger partial charge is 0.395 e. The molecule has 0 saturated heterocycles. The summed E-state index contributed by atoms with van der Waals surface area (Å²) in [6.07, 6.45) is 2.47. The molecule has 0 saturated carbocycles. The molecule has 0 atom stereocenters. The van der Waals surface area contributed by atoms with Crippen molar-refractivity contribution in [2.45, 2.75) is 20.3 Å². The van der Waals surface area contributed by atoms with Crippen molar-refractivity contribution < 1.29 is 9.05 Å². The van der Waals surface area contributed by atoms with E-state index in [2.05, 4.69) is 17.2 Å². The normalized spacial score (nSPS) is 11.4. The van der Waals surface area contributed by atoms with E-state index in [-0.39, 0.29) is 0 Å². The molecule has 3 rings (SSSR count). The van der Waals surface area contributed by atoms with Crippen molar-refractivity contribution >= 4 is 27.3 Å². The third kappa shape index (κ3) is 1.37. The van der Waals surface area contributed by atoms with E-state index in [9.17, 15) is 0 Å². The van der Waals surface area contributed by atoms with Gasteiger partial charge in [-0.1, -0.05) is 17.2 Å². The summed E-state index contributed by atoms with van der Waals surface area (Å²) in [5, 5.41) is 7.90. The minimum Gasteiger partial charge on any atom is -0.395 e. The summed E-state index contributed by atoms with van der Waals surface area (Å²) in [6.45, 7) is 3.94. The van der Waals surface area contributed by atoms with Crippen LogP contribution in [0.2, 0.25) is 0 Å². The highest BCUT2D eigenvalue weighted by molar-refractivity contribution is 7.20. The summed E-state index contributed by atoms with van der Waals surface area (Å²) < 4.78 is 11.2. The smallest absolute Gasteiger partial charge is 0.201 e. The second-order valence-electron chi connectivity index (χ2n) is 3.80. The molecule has 17 heavy (non-hydrogen) atoms. The van der Waals surface area contributed by atoms with E-state index in [1.54, 1.807) is 17.6 Å². The van der Waals surface area contributed by atoms with Crippen LogP contribution in [-0.4, -0.2) is 10.3 Å². The Balaban J connectivity index is 2.28. The molecule has 0 bridgehead atoms. The predicted octanol–water partition coefficient (Wildman–Crippen LogP) is 3.00. The molecule has 0 aliphatic heterocycles. The van der Waals surface area contributed by atoms with Crippen LogP contribution >= 0.6 is 11.3 Å². The van der Waals surface area contributed by atoms with Crippen molar-refractivity contribution in [1.29, 1.82) is 0 Å². The molecule has 0 radical (unpaired) electrons. The first kappa shape index (κ1) is 10.3. The number of hydrogen-bond acceptors (Lipinski definition) is 6. The van der Waals surface area contributed by atoms with Crippen LogP contribution in [0.5, 0.6) is 0 Å². The average molecular weight is 249 g/mol. The SMILES string of the molecule is CCc1sc2c(-c3conc3C)noc2c1N. The molecule has 0 fully saturated rings. The molecule has 3 aromatic heterocycles. The topological polar surface area (TPSA) is 78.1 Å². The van der Waals surface area contributed by atoms with E-state index in [1.165, 1.54) is 0 Å². The van der Waals surface area contributed by atoms with Crippen molar-refractivity contribution in [3.05, 3.63) is 16.8 Å². The lowest BCUT2D eigenvalue weighted by atomic mass is 10.2. The maximum absolute atomic E-state index is 5.99. The Morgan fingerprint density at radius 3 is 2.88 bits per heavy atom. The molecule has 5 nitrogen and oxygen atoms in total. The highest BCUT2D eigenvalue weighted by Gasteiger charge is 2.20. The number of nitrogens with two attached hydrogens (primary N) is 1. The average Bonchev–Trinajstić information content (AvgIpc) is 2.96. The maximum Gasteiger partial charge on any atom is 0.201 e. The molecule has 88 valence electrons. The van der Waals surface area contributed by atoms with Gasteiger partial charge in [-0.2, -0.15) is 0 Å². The molecular formula is C11H11N3O2S. The fourth-order valence-corrected chi connectivity index (χ4v) is 2.88. The predicted molar refractivity (Wildman–Crippen MR) is 65.9 cm³/mol. The van der Waals surface area contributed by atoms with E-state index in [1.807, 2.05) is 6.92 Å². The van der Waals surface area contributed by atoms with Crippen LogP contribution in [0.25, 0.3) is 21.5 Å². The van der Waals surface area contributed by atoms with E-state index < -0.39 is 0 Å². The molecule has 2 N–H and O–H groups in total. The van der Waals surface area contributed by atoms with Crippen LogP contribution in [-0.2, 0) is 6.42 Å². The third-order valence-electron chi connectivity index (χ3n) is 2.75. The Labute approximate surface area is 101 Å². The second kappa shape index (κ2) is 3.59. The lowest BCUT2D eigenvalue weighted by Gasteiger charge is -1.90. The summed E-state index contributed by atoms with van der Waals surface area (Å²) in [6, 6.07) is 0. The zero-order chi connectivity index (χ0) is 12.0. The molecule has 0 spiro atoms. The molecule has 0 aromatic carbocycles. The molecule has 0 amide bonds. The molecule has 3 heterocycles. The van der Waals surface area contributed by atoms with Gasteiger partial charge in [-0.05, 0) is 13.3 Å². The van der Waals surface area contributed by atoms with Crippen molar-refractivity contribution in [2.75, 3.05) is 5.73 Å². The van der Waals surface area contributed by atoms with E-state index in [0.29, 0.717) is 11.3 Å². The Morgan fingerprint density at radius 1 is 1.41 bits per heavy atom. The summed E-state index contributed by atoms with van der Waals surface area (Å²) in [7, 11) is 0. The Kier molecular flexibility index (Phi) is 2.19. The summed E-state index contributed by atoms with van der Waals surface area (Å²) >= 11 is 1.61. The Morgan fingerprint density at radius 2 is 2.24 bits per heavy atom. The van der Waals surface area contributed by atoms with Crippen LogP contribution in [0.15, 0.2) is 15.3 Å². The van der Waals surface area contributed by atoms with Crippen LogP contribution in [0.4, 0.5) is 5.69 Å². The molecule has 0 unspecified atom stereocenters. The van der Waals surface area contributed by atoms with E-state index in [4.69, 9.17) is 14.8 Å². The van der Waals surface area contributed by atoms with Crippen molar-refractivity contribution in [3.8, 4) is 11.3 Å². The second-order valence-corrected chi connectivity index (χ2v) is 4.90. The Hall–Kier alpha value is -1.82. The first-order valence-electron chi connectivity index (χ1n) is 5.30. The quantitative estimate of drug-likeness (QED) is 0.755. The minimum atomic E-state index is 0.669. The zero-order valence-electron chi connectivity index (χ0n) is 9.48. The molecule has 0 aliphatic rings. The van der Waals surface area contributed by atoms with Gasteiger partial charge in [-0.3, -0.25) is 0 Å². The highest BCUT2D eigenvalue weighted by atomic mass is 32.1. The minimum absolute atomic E-state index is 0.669. The number of fused-ring (bicyclic) bond motifs is 1. The monoisotopic (exact) mass is 249 g/mol. The lowest BCUT2D eigenvalue weighted by molar-refractivity contribution is 0.415.